The maximum Gasteiger partial charge on any atom is 0.259 e. The molecule has 1 aliphatic carbocycles. The second-order valence-corrected chi connectivity index (χ2v) is 9.88. The standard InChI is InChI=1S/C29H39N3O3/c1-23-21-27(33)28(26(32(23)19-20-35-2)22-25-11-6-7-12-25)29(34)31-17-15-30(16-18-31)14-8-13-24-9-4-3-5-10-24/h3-5,8-10,13,21,25H,6-7,11-12,14-20,22H2,1-2H3. The van der Waals surface area contributed by atoms with Crippen molar-refractivity contribution in [3.05, 3.63) is 75.2 Å². The van der Waals surface area contributed by atoms with Crippen LogP contribution >= 0.6 is 0 Å². The van der Waals surface area contributed by atoms with Gasteiger partial charge in [0, 0.05) is 63.8 Å². The summed E-state index contributed by atoms with van der Waals surface area (Å²) in [6.45, 7) is 6.96. The molecule has 1 saturated heterocycles. The number of rotatable bonds is 9. The van der Waals surface area contributed by atoms with E-state index in [1.54, 1.807) is 13.2 Å². The molecule has 6 nitrogen and oxygen atoms in total. The quantitative estimate of drug-likeness (QED) is 0.548. The number of hydrogen-bond donors (Lipinski definition) is 0. The van der Waals surface area contributed by atoms with E-state index in [0.29, 0.717) is 37.7 Å². The van der Waals surface area contributed by atoms with Crippen molar-refractivity contribution in [2.45, 2.75) is 45.6 Å². The van der Waals surface area contributed by atoms with Crippen LogP contribution < -0.4 is 5.43 Å². The Bertz CT molecular complexity index is 1060. The Morgan fingerprint density at radius 1 is 1.09 bits per heavy atom. The fraction of sp³-hybridized carbons (Fsp3) is 0.517. The SMILES string of the molecule is COCCn1c(C)cc(=O)c(C(=O)N2CCN(CC=Cc3ccccc3)CC2)c1CC1CCCC1. The number of aryl methyl sites for hydroxylation is 1. The summed E-state index contributed by atoms with van der Waals surface area (Å²) in [6.07, 6.45) is 9.95. The van der Waals surface area contributed by atoms with Crippen LogP contribution in [0.3, 0.4) is 0 Å². The third-order valence-electron chi connectivity index (χ3n) is 7.45. The van der Waals surface area contributed by atoms with Gasteiger partial charge in [0.15, 0.2) is 5.43 Å². The van der Waals surface area contributed by atoms with Gasteiger partial charge in [-0.3, -0.25) is 14.5 Å². The Hall–Kier alpha value is -2.70. The maximum atomic E-state index is 13.7. The largest absolute Gasteiger partial charge is 0.383 e. The van der Waals surface area contributed by atoms with Crippen LogP contribution in [0.15, 0.2) is 47.3 Å². The second-order valence-electron chi connectivity index (χ2n) is 9.88. The number of amides is 1. The minimum atomic E-state index is -0.137. The van der Waals surface area contributed by atoms with Gasteiger partial charge in [0.25, 0.3) is 5.91 Å². The topological polar surface area (TPSA) is 54.8 Å². The van der Waals surface area contributed by atoms with Crippen LogP contribution in [0.5, 0.6) is 0 Å². The number of ether oxygens (including phenoxy) is 1. The number of benzene rings is 1. The van der Waals surface area contributed by atoms with Crippen molar-refractivity contribution in [3.63, 3.8) is 0 Å². The van der Waals surface area contributed by atoms with Crippen molar-refractivity contribution < 1.29 is 9.53 Å². The van der Waals surface area contributed by atoms with Crippen LogP contribution in [0, 0.1) is 12.8 Å². The predicted octanol–water partition coefficient (Wildman–Crippen LogP) is 4.01. The molecule has 0 N–H and O–H groups in total. The average molecular weight is 478 g/mol. The summed E-state index contributed by atoms with van der Waals surface area (Å²) in [7, 11) is 1.69. The second kappa shape index (κ2) is 12.3. The van der Waals surface area contributed by atoms with Crippen LogP contribution in [-0.2, 0) is 17.7 Å². The Morgan fingerprint density at radius 2 is 1.80 bits per heavy atom. The lowest BCUT2D eigenvalue weighted by molar-refractivity contribution is 0.0646. The average Bonchev–Trinajstić information content (AvgIpc) is 3.38. The van der Waals surface area contributed by atoms with E-state index < -0.39 is 0 Å². The molecule has 0 atom stereocenters. The third kappa shape index (κ3) is 6.50. The number of carbonyl (C=O) groups excluding carboxylic acids is 1. The third-order valence-corrected chi connectivity index (χ3v) is 7.45. The lowest BCUT2D eigenvalue weighted by Gasteiger charge is -2.34. The monoisotopic (exact) mass is 477 g/mol. The molecule has 2 fully saturated rings. The number of pyridine rings is 1. The summed E-state index contributed by atoms with van der Waals surface area (Å²) < 4.78 is 7.49. The zero-order chi connectivity index (χ0) is 24.6. The minimum absolute atomic E-state index is 0.103. The predicted molar refractivity (Wildman–Crippen MR) is 141 cm³/mol. The molecule has 4 rings (SSSR count). The van der Waals surface area contributed by atoms with Gasteiger partial charge in [0.05, 0.1) is 6.61 Å². The summed E-state index contributed by atoms with van der Waals surface area (Å²) in [4.78, 5) is 31.1. The van der Waals surface area contributed by atoms with Crippen molar-refractivity contribution in [3.8, 4) is 0 Å². The Kier molecular flexibility index (Phi) is 8.94. The summed E-state index contributed by atoms with van der Waals surface area (Å²) in [5.74, 6) is 0.443. The zero-order valence-corrected chi connectivity index (χ0v) is 21.2. The van der Waals surface area contributed by atoms with Crippen molar-refractivity contribution in [2.75, 3.05) is 46.4 Å². The number of piperazine rings is 1. The van der Waals surface area contributed by atoms with E-state index in [4.69, 9.17) is 4.74 Å². The van der Waals surface area contributed by atoms with Gasteiger partial charge >= 0.3 is 0 Å². The number of carbonyl (C=O) groups is 1. The molecule has 0 radical (unpaired) electrons. The van der Waals surface area contributed by atoms with Gasteiger partial charge in [-0.1, -0.05) is 68.2 Å². The van der Waals surface area contributed by atoms with Crippen LogP contribution in [-0.4, -0.2) is 66.7 Å². The number of methoxy groups -OCH3 is 1. The first-order valence-electron chi connectivity index (χ1n) is 13.0. The zero-order valence-electron chi connectivity index (χ0n) is 21.2. The molecule has 2 aliphatic rings. The molecule has 0 bridgehead atoms. The first-order valence-corrected chi connectivity index (χ1v) is 13.0. The fourth-order valence-electron chi connectivity index (χ4n) is 5.45. The molecule has 35 heavy (non-hydrogen) atoms. The van der Waals surface area contributed by atoms with Crippen molar-refractivity contribution >= 4 is 12.0 Å². The van der Waals surface area contributed by atoms with Crippen molar-refractivity contribution in [1.82, 2.24) is 14.4 Å². The highest BCUT2D eigenvalue weighted by molar-refractivity contribution is 5.95. The van der Waals surface area contributed by atoms with E-state index in [1.807, 2.05) is 30.0 Å². The van der Waals surface area contributed by atoms with Crippen LogP contribution in [0.4, 0.5) is 0 Å². The van der Waals surface area contributed by atoms with E-state index in [9.17, 15) is 9.59 Å². The molecule has 0 spiro atoms. The molecule has 1 aliphatic heterocycles. The van der Waals surface area contributed by atoms with Crippen molar-refractivity contribution in [2.24, 2.45) is 5.92 Å². The molecular formula is C29H39N3O3. The van der Waals surface area contributed by atoms with E-state index in [-0.39, 0.29) is 11.3 Å². The van der Waals surface area contributed by atoms with E-state index in [1.165, 1.54) is 31.2 Å². The van der Waals surface area contributed by atoms with Crippen LogP contribution in [0.25, 0.3) is 6.08 Å². The van der Waals surface area contributed by atoms with Gasteiger partial charge in [-0.05, 0) is 24.8 Å². The molecule has 188 valence electrons. The first kappa shape index (κ1) is 25.4. The summed E-state index contributed by atoms with van der Waals surface area (Å²) in [6, 6.07) is 11.9. The van der Waals surface area contributed by atoms with Gasteiger partial charge in [-0.2, -0.15) is 0 Å². The van der Waals surface area contributed by atoms with Gasteiger partial charge in [0.1, 0.15) is 5.56 Å². The molecule has 2 aromatic rings. The fourth-order valence-corrected chi connectivity index (χ4v) is 5.45. The van der Waals surface area contributed by atoms with Gasteiger partial charge in [-0.15, -0.1) is 0 Å². The highest BCUT2D eigenvalue weighted by Gasteiger charge is 2.29. The number of aromatic nitrogens is 1. The Labute approximate surface area is 209 Å². The summed E-state index contributed by atoms with van der Waals surface area (Å²) in [5.41, 5.74) is 3.27. The molecule has 0 unspecified atom stereocenters. The van der Waals surface area contributed by atoms with Crippen molar-refractivity contribution in [1.29, 1.82) is 0 Å². The lowest BCUT2D eigenvalue weighted by Crippen LogP contribution is -2.49. The number of nitrogens with zero attached hydrogens (tertiary/aromatic N) is 3. The Morgan fingerprint density at radius 3 is 2.49 bits per heavy atom. The van der Waals surface area contributed by atoms with Gasteiger partial charge in [0.2, 0.25) is 0 Å². The summed E-state index contributed by atoms with van der Waals surface area (Å²) >= 11 is 0. The molecule has 1 aromatic heterocycles. The summed E-state index contributed by atoms with van der Waals surface area (Å²) in [5, 5.41) is 0. The van der Waals surface area contributed by atoms with E-state index in [2.05, 4.69) is 33.8 Å². The number of hydrogen-bond acceptors (Lipinski definition) is 4. The van der Waals surface area contributed by atoms with Gasteiger partial charge in [-0.25, -0.2) is 0 Å². The van der Waals surface area contributed by atoms with Crippen LogP contribution in [0.2, 0.25) is 0 Å². The highest BCUT2D eigenvalue weighted by atomic mass is 16.5. The molecule has 6 heteroatoms. The van der Waals surface area contributed by atoms with Gasteiger partial charge < -0.3 is 14.2 Å². The minimum Gasteiger partial charge on any atom is -0.383 e. The normalized spacial score (nSPS) is 17.5. The molecule has 1 saturated carbocycles. The maximum absolute atomic E-state index is 13.7. The van der Waals surface area contributed by atoms with E-state index >= 15 is 0 Å². The Balaban J connectivity index is 1.47. The molecular weight excluding hydrogens is 438 g/mol. The highest BCUT2D eigenvalue weighted by Crippen LogP contribution is 2.29. The lowest BCUT2D eigenvalue weighted by atomic mass is 9.96. The smallest absolute Gasteiger partial charge is 0.259 e. The first-order chi connectivity index (χ1) is 17.1. The van der Waals surface area contributed by atoms with E-state index in [0.717, 1.165) is 37.4 Å². The molecule has 2 heterocycles. The molecule has 1 aromatic carbocycles. The molecule has 1 amide bonds. The van der Waals surface area contributed by atoms with Crippen LogP contribution in [0.1, 0.15) is 53.0 Å².